The normalized spacial score (nSPS) is 10.7. The van der Waals surface area contributed by atoms with Crippen LogP contribution >= 0.6 is 0 Å². The van der Waals surface area contributed by atoms with E-state index < -0.39 is 0 Å². The van der Waals surface area contributed by atoms with Crippen LogP contribution in [0, 0.1) is 0 Å². The molecule has 0 amide bonds. The largest absolute Gasteiger partial charge is 0.356 e. The van der Waals surface area contributed by atoms with Gasteiger partial charge in [-0.15, -0.1) is 0 Å². The van der Waals surface area contributed by atoms with Gasteiger partial charge in [-0.05, 0) is 162 Å². The van der Waals surface area contributed by atoms with E-state index in [-0.39, 0.29) is 0 Å². The van der Waals surface area contributed by atoms with E-state index in [1.807, 2.05) is 36.4 Å². The van der Waals surface area contributed by atoms with Gasteiger partial charge in [-0.25, -0.2) is 0 Å². The third-order valence-electron chi connectivity index (χ3n) is 17.1. The summed E-state index contributed by atoms with van der Waals surface area (Å²) in [6.45, 7) is 0. The minimum Gasteiger partial charge on any atom is -0.356 e. The first-order valence-corrected chi connectivity index (χ1v) is 32.9. The molecule has 5 nitrogen and oxygen atoms in total. The molecule has 5 heteroatoms. The van der Waals surface area contributed by atoms with E-state index >= 15 is 0 Å². The van der Waals surface area contributed by atoms with Crippen LogP contribution in [0.25, 0.3) is 86.2 Å². The van der Waals surface area contributed by atoms with Crippen molar-refractivity contribution < 1.29 is 0 Å². The molecule has 5 N–H and O–H groups in total. The second kappa shape index (κ2) is 30.2. The van der Waals surface area contributed by atoms with Crippen LogP contribution in [0.5, 0.6) is 0 Å². The van der Waals surface area contributed by atoms with Gasteiger partial charge in [0.15, 0.2) is 0 Å². The van der Waals surface area contributed by atoms with Crippen molar-refractivity contribution in [2.75, 3.05) is 26.6 Å². The van der Waals surface area contributed by atoms with Gasteiger partial charge >= 0.3 is 0 Å². The maximum atomic E-state index is 3.59. The number of anilines is 10. The van der Waals surface area contributed by atoms with Crippen LogP contribution in [0.1, 0.15) is 0 Å². The van der Waals surface area contributed by atoms with Gasteiger partial charge in [-0.2, -0.15) is 0 Å². The van der Waals surface area contributed by atoms with E-state index in [1.165, 1.54) is 86.2 Å². The molecule has 18 aromatic rings. The van der Waals surface area contributed by atoms with Gasteiger partial charge in [0, 0.05) is 78.4 Å². The molecule has 0 aliphatic heterocycles. The van der Waals surface area contributed by atoms with Crippen LogP contribution in [0.15, 0.2) is 400 Å². The Bertz CT molecular complexity index is 5460. The van der Waals surface area contributed by atoms with Crippen molar-refractivity contribution in [1.29, 1.82) is 0 Å². The van der Waals surface area contributed by atoms with E-state index in [9.17, 15) is 0 Å². The minimum absolute atomic E-state index is 1.11. The number of hydrogen-bond acceptors (Lipinski definition) is 5. The number of benzene rings is 18. The van der Waals surface area contributed by atoms with Crippen LogP contribution < -0.4 is 26.6 Å². The molecule has 0 aliphatic carbocycles. The Hall–Kier alpha value is -13.0. The molecule has 18 aromatic carbocycles. The van der Waals surface area contributed by atoms with E-state index in [0.29, 0.717) is 0 Å². The zero-order chi connectivity index (χ0) is 65.2. The Kier molecular flexibility index (Phi) is 19.2. The minimum atomic E-state index is 1.11. The molecule has 97 heavy (non-hydrogen) atoms. The van der Waals surface area contributed by atoms with Gasteiger partial charge in [0.05, 0.1) is 0 Å². The molecule has 0 aromatic heterocycles. The maximum absolute atomic E-state index is 3.59. The average Bonchev–Trinajstić information content (AvgIpc) is 1.12. The van der Waals surface area contributed by atoms with Gasteiger partial charge in [-0.3, -0.25) is 0 Å². The third kappa shape index (κ3) is 15.6. The average molecular weight is 1250 g/mol. The molecule has 0 saturated heterocycles. The van der Waals surface area contributed by atoms with Crippen LogP contribution in [0.4, 0.5) is 56.9 Å². The molecular formula is C92H71N5. The molecular weight excluding hydrogens is 1180 g/mol. The highest BCUT2D eigenvalue weighted by atomic mass is 14.9. The van der Waals surface area contributed by atoms with Crippen LogP contribution in [-0.4, -0.2) is 0 Å². The second-order valence-corrected chi connectivity index (χ2v) is 23.7. The number of rotatable bonds is 10. The van der Waals surface area contributed by atoms with Gasteiger partial charge in [0.25, 0.3) is 0 Å². The standard InChI is InChI=1S/3C20H15N.2C16H13N/c1-3-11-17-15(7-1)9-5-13-19(17)21-20-14-6-10-16-8-2-4-12-18(16)20;1-3-7-17-13-19(11-9-15(17)5-1)21-20-12-10-16-6-2-4-8-18(16)14-20;1-2-8-17-14-18(13-12-15(17)6-1)21-20-11-5-9-16-7-3-4-10-19(16)20;1-2-9-14(10-3-1)17-16-12-6-8-13-7-4-5-11-15(13)16;1-2-8-15(9-3-1)17-16-11-10-13-6-4-5-7-14(13)12-16/h3*1-14,21H;2*1-12,17H. The lowest BCUT2D eigenvalue weighted by Crippen LogP contribution is -1.92. The molecule has 0 aliphatic rings. The molecule has 464 valence electrons. The fourth-order valence-electron chi connectivity index (χ4n) is 12.2. The number of nitrogens with one attached hydrogen (secondary N) is 5. The molecule has 0 fully saturated rings. The monoisotopic (exact) mass is 1250 g/mol. The summed E-state index contributed by atoms with van der Waals surface area (Å²) in [7, 11) is 0. The zero-order valence-corrected chi connectivity index (χ0v) is 53.6. The molecule has 0 radical (unpaired) electrons. The molecule has 0 unspecified atom stereocenters. The predicted molar refractivity (Wildman–Crippen MR) is 421 cm³/mol. The summed E-state index contributed by atoms with van der Waals surface area (Å²) >= 11 is 0. The molecule has 0 atom stereocenters. The van der Waals surface area contributed by atoms with Crippen molar-refractivity contribution in [3.05, 3.63) is 400 Å². The van der Waals surface area contributed by atoms with Crippen molar-refractivity contribution in [3.63, 3.8) is 0 Å². The first-order valence-electron chi connectivity index (χ1n) is 32.9. The molecule has 0 saturated carbocycles. The lowest BCUT2D eigenvalue weighted by Gasteiger charge is -2.12. The highest BCUT2D eigenvalue weighted by Crippen LogP contribution is 2.33. The van der Waals surface area contributed by atoms with E-state index in [2.05, 4.69) is 391 Å². The fraction of sp³-hybridized carbons (Fsp3) is 0. The maximum Gasteiger partial charge on any atom is 0.0464 e. The van der Waals surface area contributed by atoms with E-state index in [4.69, 9.17) is 0 Å². The number of hydrogen-bond donors (Lipinski definition) is 5. The quantitative estimate of drug-likeness (QED) is 0.0945. The van der Waals surface area contributed by atoms with Gasteiger partial charge in [-0.1, -0.05) is 303 Å². The summed E-state index contributed by atoms with van der Waals surface area (Å²) in [6.07, 6.45) is 0. The Morgan fingerprint density at radius 3 is 0.629 bits per heavy atom. The highest BCUT2D eigenvalue weighted by Gasteiger charge is 2.07. The summed E-state index contributed by atoms with van der Waals surface area (Å²) in [5.41, 5.74) is 11.3. The van der Waals surface area contributed by atoms with Crippen molar-refractivity contribution in [2.45, 2.75) is 0 Å². The fourth-order valence-corrected chi connectivity index (χ4v) is 12.2. The number of para-hydroxylation sites is 2. The van der Waals surface area contributed by atoms with Gasteiger partial charge < -0.3 is 26.6 Å². The SMILES string of the molecule is c1ccc(Nc2ccc3ccccc3c2)cc1.c1ccc(Nc2cccc3ccccc23)cc1.c1ccc2c(Nc3cccc4ccccc34)cccc2c1.c1ccc2cc(Nc3ccc4ccccc4c3)ccc2c1.c1ccc2cc(Nc3cccc4ccccc34)ccc2c1. The number of fused-ring (bicyclic) bond motifs is 8. The first kappa shape index (κ1) is 61.5. The molecule has 18 rings (SSSR count). The summed E-state index contributed by atoms with van der Waals surface area (Å²) in [4.78, 5) is 0. The highest BCUT2D eigenvalue weighted by molar-refractivity contribution is 6.02. The van der Waals surface area contributed by atoms with Crippen LogP contribution in [0.3, 0.4) is 0 Å². The smallest absolute Gasteiger partial charge is 0.0464 e. The van der Waals surface area contributed by atoms with E-state index in [0.717, 1.165) is 56.9 Å². The third-order valence-corrected chi connectivity index (χ3v) is 17.1. The predicted octanol–water partition coefficient (Wildman–Crippen LogP) is 26.4. The van der Waals surface area contributed by atoms with Crippen molar-refractivity contribution in [1.82, 2.24) is 0 Å². The molecule has 0 bridgehead atoms. The Balaban J connectivity index is 0.000000104. The topological polar surface area (TPSA) is 60.1 Å². The Morgan fingerprint density at radius 2 is 0.320 bits per heavy atom. The van der Waals surface area contributed by atoms with Crippen molar-refractivity contribution in [3.8, 4) is 0 Å². The first-order chi connectivity index (χ1) is 48.0. The lowest BCUT2D eigenvalue weighted by molar-refractivity contribution is 1.57. The molecule has 0 heterocycles. The zero-order valence-electron chi connectivity index (χ0n) is 53.6. The summed E-state index contributed by atoms with van der Waals surface area (Å²) in [5.74, 6) is 0. The summed E-state index contributed by atoms with van der Waals surface area (Å²) < 4.78 is 0. The summed E-state index contributed by atoms with van der Waals surface area (Å²) in [6, 6.07) is 139. The van der Waals surface area contributed by atoms with Crippen LogP contribution in [0.2, 0.25) is 0 Å². The Morgan fingerprint density at radius 1 is 0.113 bits per heavy atom. The molecule has 0 spiro atoms. The Labute approximate surface area is 566 Å². The van der Waals surface area contributed by atoms with E-state index in [1.54, 1.807) is 0 Å². The second-order valence-electron chi connectivity index (χ2n) is 23.7. The van der Waals surface area contributed by atoms with Crippen LogP contribution in [-0.2, 0) is 0 Å². The summed E-state index contributed by atoms with van der Waals surface area (Å²) in [5, 5.41) is 37.5. The van der Waals surface area contributed by atoms with Crippen molar-refractivity contribution in [2.24, 2.45) is 0 Å². The van der Waals surface area contributed by atoms with Crippen molar-refractivity contribution >= 4 is 143 Å². The van der Waals surface area contributed by atoms with Gasteiger partial charge in [0.2, 0.25) is 0 Å². The van der Waals surface area contributed by atoms with Gasteiger partial charge in [0.1, 0.15) is 0 Å². The lowest BCUT2D eigenvalue weighted by atomic mass is 10.1.